The Labute approximate surface area is 153 Å². The Kier molecular flexibility index (Phi) is 5.82. The number of amides is 1. The van der Waals surface area contributed by atoms with E-state index < -0.39 is 0 Å². The predicted octanol–water partition coefficient (Wildman–Crippen LogP) is 1.77. The van der Waals surface area contributed by atoms with Gasteiger partial charge in [-0.1, -0.05) is 0 Å². The maximum absolute atomic E-state index is 11.5. The number of carbonyl (C=O) groups excluding carboxylic acids is 1. The van der Waals surface area contributed by atoms with E-state index in [1.807, 2.05) is 13.8 Å². The predicted molar refractivity (Wildman–Crippen MR) is 97.9 cm³/mol. The molecule has 0 radical (unpaired) electrons. The zero-order chi connectivity index (χ0) is 18.5. The second kappa shape index (κ2) is 8.27. The van der Waals surface area contributed by atoms with Crippen molar-refractivity contribution < 1.29 is 9.21 Å². The molecule has 3 rings (SSSR count). The smallest absolute Gasteiger partial charge is 0.271 e. The third-order valence-electron chi connectivity index (χ3n) is 4.83. The number of piperidine rings is 1. The SMILES string of the molecule is CNC(=O)c1ccc(NCC2CCN(Cc3nc(C)c(C)o3)CC2)nn1. The average Bonchev–Trinajstić information content (AvgIpc) is 2.98. The Balaban J connectivity index is 1.42. The number of rotatable bonds is 6. The number of aryl methyl sites for hydroxylation is 2. The lowest BCUT2D eigenvalue weighted by atomic mass is 9.97. The first kappa shape index (κ1) is 18.3. The summed E-state index contributed by atoms with van der Waals surface area (Å²) in [5.41, 5.74) is 1.30. The molecule has 1 amide bonds. The van der Waals surface area contributed by atoms with Gasteiger partial charge in [-0.15, -0.1) is 10.2 Å². The summed E-state index contributed by atoms with van der Waals surface area (Å²) in [6, 6.07) is 3.47. The first-order chi connectivity index (χ1) is 12.5. The van der Waals surface area contributed by atoms with Gasteiger partial charge in [0.25, 0.3) is 5.91 Å². The second-order valence-corrected chi connectivity index (χ2v) is 6.73. The minimum Gasteiger partial charge on any atom is -0.444 e. The molecule has 1 fully saturated rings. The molecule has 8 heteroatoms. The summed E-state index contributed by atoms with van der Waals surface area (Å²) in [5, 5.41) is 13.8. The van der Waals surface area contributed by atoms with Gasteiger partial charge < -0.3 is 15.1 Å². The van der Waals surface area contributed by atoms with E-state index in [1.54, 1.807) is 19.2 Å². The Morgan fingerprint density at radius 2 is 2.04 bits per heavy atom. The van der Waals surface area contributed by atoms with Crippen LogP contribution in [0.15, 0.2) is 16.5 Å². The van der Waals surface area contributed by atoms with Crippen molar-refractivity contribution in [2.75, 3.05) is 32.0 Å². The molecule has 1 aliphatic rings. The molecule has 0 atom stereocenters. The summed E-state index contributed by atoms with van der Waals surface area (Å²) in [6.07, 6.45) is 2.24. The summed E-state index contributed by atoms with van der Waals surface area (Å²) in [6.45, 7) is 7.64. The van der Waals surface area contributed by atoms with Crippen LogP contribution >= 0.6 is 0 Å². The molecule has 2 aromatic rings. The van der Waals surface area contributed by atoms with Gasteiger partial charge in [0.1, 0.15) is 11.6 Å². The third kappa shape index (κ3) is 4.57. The van der Waals surface area contributed by atoms with Crippen molar-refractivity contribution >= 4 is 11.7 Å². The van der Waals surface area contributed by atoms with Crippen LogP contribution in [0, 0.1) is 19.8 Å². The number of anilines is 1. The molecule has 8 nitrogen and oxygen atoms in total. The van der Waals surface area contributed by atoms with E-state index in [0.29, 0.717) is 17.4 Å². The van der Waals surface area contributed by atoms with Gasteiger partial charge in [-0.25, -0.2) is 4.98 Å². The highest BCUT2D eigenvalue weighted by Crippen LogP contribution is 2.20. The molecular formula is C18H26N6O2. The van der Waals surface area contributed by atoms with E-state index in [0.717, 1.165) is 56.4 Å². The molecule has 0 saturated carbocycles. The lowest BCUT2D eigenvalue weighted by molar-refractivity contribution is 0.0957. The van der Waals surface area contributed by atoms with Crippen molar-refractivity contribution in [2.45, 2.75) is 33.2 Å². The van der Waals surface area contributed by atoms with Crippen molar-refractivity contribution in [2.24, 2.45) is 5.92 Å². The number of nitrogens with zero attached hydrogens (tertiary/aromatic N) is 4. The summed E-state index contributed by atoms with van der Waals surface area (Å²) >= 11 is 0. The van der Waals surface area contributed by atoms with Gasteiger partial charge in [-0.3, -0.25) is 9.69 Å². The first-order valence-electron chi connectivity index (χ1n) is 9.00. The van der Waals surface area contributed by atoms with Crippen LogP contribution in [0.2, 0.25) is 0 Å². The van der Waals surface area contributed by atoms with Gasteiger partial charge in [0.2, 0.25) is 5.89 Å². The highest BCUT2D eigenvalue weighted by Gasteiger charge is 2.21. The summed E-state index contributed by atoms with van der Waals surface area (Å²) < 4.78 is 5.67. The normalized spacial score (nSPS) is 15.8. The van der Waals surface area contributed by atoms with Gasteiger partial charge in [0.15, 0.2) is 5.69 Å². The van der Waals surface area contributed by atoms with E-state index in [4.69, 9.17) is 4.42 Å². The molecule has 1 saturated heterocycles. The fraction of sp³-hybridized carbons (Fsp3) is 0.556. The topological polar surface area (TPSA) is 96.2 Å². The van der Waals surface area contributed by atoms with Crippen LogP contribution in [0.4, 0.5) is 5.82 Å². The molecule has 0 bridgehead atoms. The summed E-state index contributed by atoms with van der Waals surface area (Å²) in [7, 11) is 1.58. The number of likely N-dealkylation sites (tertiary alicyclic amines) is 1. The number of nitrogens with one attached hydrogen (secondary N) is 2. The quantitative estimate of drug-likeness (QED) is 0.812. The molecule has 0 spiro atoms. The summed E-state index contributed by atoms with van der Waals surface area (Å²) in [5.74, 6) is 2.78. The first-order valence-corrected chi connectivity index (χ1v) is 9.00. The zero-order valence-electron chi connectivity index (χ0n) is 15.6. The van der Waals surface area contributed by atoms with Crippen LogP contribution in [0.3, 0.4) is 0 Å². The molecule has 0 aromatic carbocycles. The largest absolute Gasteiger partial charge is 0.444 e. The van der Waals surface area contributed by atoms with E-state index in [1.165, 1.54) is 0 Å². The van der Waals surface area contributed by atoms with Gasteiger partial charge in [-0.05, 0) is 57.8 Å². The standard InChI is InChI=1S/C18H26N6O2/c1-12-13(2)26-17(21-12)11-24-8-6-14(7-9-24)10-20-16-5-4-15(22-23-16)18(25)19-3/h4-5,14H,6-11H2,1-3H3,(H,19,25)(H,20,23). The van der Waals surface area contributed by atoms with Crippen LogP contribution in [0.1, 0.15) is 40.7 Å². The lowest BCUT2D eigenvalue weighted by Crippen LogP contribution is -2.35. The molecular weight excluding hydrogens is 332 g/mol. The fourth-order valence-electron chi connectivity index (χ4n) is 3.07. The molecule has 2 N–H and O–H groups in total. The van der Waals surface area contributed by atoms with Crippen molar-refractivity contribution in [1.82, 2.24) is 25.4 Å². The number of hydrogen-bond donors (Lipinski definition) is 2. The fourth-order valence-corrected chi connectivity index (χ4v) is 3.07. The van der Waals surface area contributed by atoms with E-state index >= 15 is 0 Å². The van der Waals surface area contributed by atoms with E-state index in [9.17, 15) is 4.79 Å². The molecule has 0 aliphatic carbocycles. The van der Waals surface area contributed by atoms with Gasteiger partial charge in [0.05, 0.1) is 12.2 Å². The zero-order valence-corrected chi connectivity index (χ0v) is 15.6. The van der Waals surface area contributed by atoms with Gasteiger partial charge in [0, 0.05) is 13.6 Å². The van der Waals surface area contributed by atoms with Crippen LogP contribution in [0.5, 0.6) is 0 Å². The number of aromatic nitrogens is 3. The molecule has 2 aromatic heterocycles. The maximum atomic E-state index is 11.5. The molecule has 26 heavy (non-hydrogen) atoms. The molecule has 0 unspecified atom stereocenters. The highest BCUT2D eigenvalue weighted by atomic mass is 16.4. The Morgan fingerprint density at radius 3 is 2.62 bits per heavy atom. The lowest BCUT2D eigenvalue weighted by Gasteiger charge is -2.31. The third-order valence-corrected chi connectivity index (χ3v) is 4.83. The summed E-state index contributed by atoms with van der Waals surface area (Å²) in [4.78, 5) is 18.3. The Morgan fingerprint density at radius 1 is 1.27 bits per heavy atom. The maximum Gasteiger partial charge on any atom is 0.271 e. The Hall–Kier alpha value is -2.48. The van der Waals surface area contributed by atoms with Crippen LogP contribution < -0.4 is 10.6 Å². The van der Waals surface area contributed by atoms with Crippen molar-refractivity contribution in [3.8, 4) is 0 Å². The van der Waals surface area contributed by atoms with Gasteiger partial charge >= 0.3 is 0 Å². The molecule has 3 heterocycles. The Bertz CT molecular complexity index is 715. The molecule has 1 aliphatic heterocycles. The number of hydrogen-bond acceptors (Lipinski definition) is 7. The van der Waals surface area contributed by atoms with Crippen LogP contribution in [-0.2, 0) is 6.54 Å². The highest BCUT2D eigenvalue weighted by molar-refractivity contribution is 5.91. The average molecular weight is 358 g/mol. The van der Waals surface area contributed by atoms with Crippen LogP contribution in [0.25, 0.3) is 0 Å². The van der Waals surface area contributed by atoms with Crippen molar-refractivity contribution in [3.05, 3.63) is 35.2 Å². The van der Waals surface area contributed by atoms with Crippen molar-refractivity contribution in [3.63, 3.8) is 0 Å². The number of carbonyl (C=O) groups is 1. The molecule has 140 valence electrons. The monoisotopic (exact) mass is 358 g/mol. The van der Waals surface area contributed by atoms with Crippen LogP contribution in [-0.4, -0.2) is 52.7 Å². The van der Waals surface area contributed by atoms with Gasteiger partial charge in [-0.2, -0.15) is 0 Å². The second-order valence-electron chi connectivity index (χ2n) is 6.73. The number of oxazole rings is 1. The minimum absolute atomic E-state index is 0.229. The van der Waals surface area contributed by atoms with E-state index in [2.05, 4.69) is 30.7 Å². The van der Waals surface area contributed by atoms with E-state index in [-0.39, 0.29) is 5.91 Å². The minimum atomic E-state index is -0.229. The van der Waals surface area contributed by atoms with Crippen molar-refractivity contribution in [1.29, 1.82) is 0 Å².